The van der Waals surface area contributed by atoms with E-state index in [1.165, 1.54) is 89.7 Å². The highest BCUT2D eigenvalue weighted by atomic mass is 16.5. The third-order valence-electron chi connectivity index (χ3n) is 7.36. The van der Waals surface area contributed by atoms with Gasteiger partial charge in [-0.25, -0.2) is 0 Å². The van der Waals surface area contributed by atoms with Crippen molar-refractivity contribution in [1.82, 2.24) is 0 Å². The number of unbranched alkanes of at least 4 members (excludes halogenated alkanes) is 14. The molecule has 0 amide bonds. The van der Waals surface area contributed by atoms with Gasteiger partial charge < -0.3 is 13.9 Å². The molecule has 0 radical (unpaired) electrons. The first-order valence-electron chi connectivity index (χ1n) is 15.0. The summed E-state index contributed by atoms with van der Waals surface area (Å²) in [4.78, 5) is 25.2. The van der Waals surface area contributed by atoms with Crippen molar-refractivity contribution in [3.8, 4) is 22.6 Å². The van der Waals surface area contributed by atoms with E-state index in [1.54, 1.807) is 49.6 Å². The minimum absolute atomic E-state index is 0.114. The molecule has 2 aromatic carbocycles. The van der Waals surface area contributed by atoms with Crippen LogP contribution in [0.25, 0.3) is 22.1 Å². The summed E-state index contributed by atoms with van der Waals surface area (Å²) in [5, 5.41) is 0.493. The lowest BCUT2D eigenvalue weighted by molar-refractivity contribution is -0.134. The van der Waals surface area contributed by atoms with Crippen LogP contribution in [0.4, 0.5) is 0 Å². The number of esters is 1. The maximum absolute atomic E-state index is 12.9. The van der Waals surface area contributed by atoms with Gasteiger partial charge in [0.15, 0.2) is 5.43 Å². The minimum Gasteiger partial charge on any atom is -0.497 e. The highest BCUT2D eigenvalue weighted by Gasteiger charge is 2.11. The molecule has 3 aromatic rings. The molecule has 0 spiro atoms. The van der Waals surface area contributed by atoms with Gasteiger partial charge in [0.25, 0.3) is 0 Å². The standard InChI is InChI=1S/C34H46O5/c1-3-4-5-6-7-8-9-10-11-12-13-14-15-16-17-18-33(35)39-28-21-19-27(20-22-28)31-26-38-32-25-29(37-2)23-24-30(32)34(31)36/h19-26H,3-18H2,1-2H3. The third-order valence-corrected chi connectivity index (χ3v) is 7.36. The fourth-order valence-corrected chi connectivity index (χ4v) is 4.96. The first-order valence-corrected chi connectivity index (χ1v) is 15.0. The van der Waals surface area contributed by atoms with Crippen LogP contribution in [0.2, 0.25) is 0 Å². The number of hydrogen-bond donors (Lipinski definition) is 0. The van der Waals surface area contributed by atoms with Gasteiger partial charge in [0, 0.05) is 12.5 Å². The molecule has 1 heterocycles. The second kappa shape index (κ2) is 17.5. The molecule has 39 heavy (non-hydrogen) atoms. The summed E-state index contributed by atoms with van der Waals surface area (Å²) in [6.07, 6.45) is 21.4. The first kappa shape index (κ1) is 30.5. The van der Waals surface area contributed by atoms with Crippen molar-refractivity contribution in [2.24, 2.45) is 0 Å². The molecular formula is C34H46O5. The van der Waals surface area contributed by atoms with Gasteiger partial charge >= 0.3 is 5.97 Å². The lowest BCUT2D eigenvalue weighted by Crippen LogP contribution is -2.08. The van der Waals surface area contributed by atoms with Crippen LogP contribution in [0.1, 0.15) is 110 Å². The normalized spacial score (nSPS) is 11.1. The van der Waals surface area contributed by atoms with E-state index in [-0.39, 0.29) is 11.4 Å². The molecule has 1 aromatic heterocycles. The Kier molecular flexibility index (Phi) is 13.7. The maximum Gasteiger partial charge on any atom is 0.311 e. The van der Waals surface area contributed by atoms with Crippen molar-refractivity contribution < 1.29 is 18.7 Å². The van der Waals surface area contributed by atoms with Gasteiger partial charge in [0.2, 0.25) is 0 Å². The van der Waals surface area contributed by atoms with E-state index in [0.717, 1.165) is 12.8 Å². The Hall–Kier alpha value is -3.08. The Morgan fingerprint density at radius 3 is 1.82 bits per heavy atom. The van der Waals surface area contributed by atoms with E-state index >= 15 is 0 Å². The molecule has 0 aliphatic carbocycles. The molecule has 0 saturated carbocycles. The number of benzene rings is 2. The fraction of sp³-hybridized carbons (Fsp3) is 0.529. The summed E-state index contributed by atoms with van der Waals surface area (Å²) >= 11 is 0. The topological polar surface area (TPSA) is 65.7 Å². The van der Waals surface area contributed by atoms with Crippen LogP contribution in [0.5, 0.6) is 11.5 Å². The molecule has 0 aliphatic heterocycles. The van der Waals surface area contributed by atoms with Gasteiger partial charge in [0.05, 0.1) is 18.1 Å². The predicted molar refractivity (Wildman–Crippen MR) is 160 cm³/mol. The molecule has 3 rings (SSSR count). The van der Waals surface area contributed by atoms with Crippen LogP contribution in [0.15, 0.2) is 57.9 Å². The average Bonchev–Trinajstić information content (AvgIpc) is 2.95. The van der Waals surface area contributed by atoms with Gasteiger partial charge in [-0.15, -0.1) is 0 Å². The number of ether oxygens (including phenoxy) is 2. The summed E-state index contributed by atoms with van der Waals surface area (Å²) in [6.45, 7) is 2.27. The van der Waals surface area contributed by atoms with Gasteiger partial charge in [-0.2, -0.15) is 0 Å². The Balaban J connectivity index is 1.27. The van der Waals surface area contributed by atoms with Crippen molar-refractivity contribution in [2.75, 3.05) is 7.11 Å². The number of hydrogen-bond acceptors (Lipinski definition) is 5. The molecule has 0 atom stereocenters. The van der Waals surface area contributed by atoms with Crippen molar-refractivity contribution >= 4 is 16.9 Å². The molecule has 0 N–H and O–H groups in total. The summed E-state index contributed by atoms with van der Waals surface area (Å²) in [5.41, 5.74) is 1.54. The Labute approximate surface area is 233 Å². The second-order valence-corrected chi connectivity index (χ2v) is 10.5. The number of carbonyl (C=O) groups excluding carboxylic acids is 1. The summed E-state index contributed by atoms with van der Waals surface area (Å²) in [7, 11) is 1.57. The van der Waals surface area contributed by atoms with Crippen LogP contribution in [-0.4, -0.2) is 13.1 Å². The van der Waals surface area contributed by atoms with E-state index in [4.69, 9.17) is 13.9 Å². The molecule has 0 saturated heterocycles. The molecule has 5 heteroatoms. The smallest absolute Gasteiger partial charge is 0.311 e. The fourth-order valence-electron chi connectivity index (χ4n) is 4.96. The summed E-state index contributed by atoms with van der Waals surface area (Å²) < 4.78 is 16.4. The molecule has 0 bridgehead atoms. The van der Waals surface area contributed by atoms with Gasteiger partial charge in [-0.1, -0.05) is 109 Å². The maximum atomic E-state index is 12.9. The molecule has 0 aliphatic rings. The van der Waals surface area contributed by atoms with Crippen LogP contribution in [-0.2, 0) is 4.79 Å². The summed E-state index contributed by atoms with van der Waals surface area (Å²) in [6, 6.07) is 12.1. The predicted octanol–water partition coefficient (Wildman–Crippen LogP) is 9.64. The van der Waals surface area contributed by atoms with Crippen LogP contribution in [0, 0.1) is 0 Å². The van der Waals surface area contributed by atoms with E-state index in [1.807, 2.05) is 0 Å². The van der Waals surface area contributed by atoms with E-state index in [9.17, 15) is 9.59 Å². The largest absolute Gasteiger partial charge is 0.497 e. The van der Waals surface area contributed by atoms with Gasteiger partial charge in [0.1, 0.15) is 23.3 Å². The number of methoxy groups -OCH3 is 1. The van der Waals surface area contributed by atoms with Gasteiger partial charge in [-0.3, -0.25) is 9.59 Å². The van der Waals surface area contributed by atoms with Crippen molar-refractivity contribution in [2.45, 2.75) is 110 Å². The highest BCUT2D eigenvalue weighted by Crippen LogP contribution is 2.25. The molecule has 212 valence electrons. The number of carbonyl (C=O) groups is 1. The Morgan fingerprint density at radius 2 is 1.26 bits per heavy atom. The zero-order valence-electron chi connectivity index (χ0n) is 24.0. The lowest BCUT2D eigenvalue weighted by Gasteiger charge is -2.07. The first-order chi connectivity index (χ1) is 19.1. The van der Waals surface area contributed by atoms with Crippen LogP contribution >= 0.6 is 0 Å². The minimum atomic E-state index is -0.211. The Morgan fingerprint density at radius 1 is 0.718 bits per heavy atom. The van der Waals surface area contributed by atoms with Crippen LogP contribution in [0.3, 0.4) is 0 Å². The van der Waals surface area contributed by atoms with Crippen molar-refractivity contribution in [3.63, 3.8) is 0 Å². The van der Waals surface area contributed by atoms with Crippen molar-refractivity contribution in [3.05, 3.63) is 59.0 Å². The Bertz CT molecular complexity index is 1180. The summed E-state index contributed by atoms with van der Waals surface area (Å²) in [5.74, 6) is 0.908. The third kappa shape index (κ3) is 10.5. The molecule has 0 unspecified atom stereocenters. The van der Waals surface area contributed by atoms with E-state index < -0.39 is 0 Å². The van der Waals surface area contributed by atoms with Crippen LogP contribution < -0.4 is 14.9 Å². The highest BCUT2D eigenvalue weighted by molar-refractivity contribution is 5.82. The van der Waals surface area contributed by atoms with Gasteiger partial charge in [-0.05, 0) is 36.2 Å². The zero-order valence-corrected chi connectivity index (χ0v) is 24.0. The second-order valence-electron chi connectivity index (χ2n) is 10.5. The SMILES string of the molecule is CCCCCCCCCCCCCCCCCC(=O)Oc1ccc(-c2coc3cc(OC)ccc3c2=O)cc1. The number of fused-ring (bicyclic) bond motifs is 1. The monoisotopic (exact) mass is 534 g/mol. The van der Waals surface area contributed by atoms with Crippen molar-refractivity contribution in [1.29, 1.82) is 0 Å². The lowest BCUT2D eigenvalue weighted by atomic mass is 10.0. The van der Waals surface area contributed by atoms with E-state index in [2.05, 4.69) is 6.92 Å². The molecule has 0 fully saturated rings. The van der Waals surface area contributed by atoms with E-state index in [0.29, 0.717) is 40.0 Å². The average molecular weight is 535 g/mol. The molecule has 5 nitrogen and oxygen atoms in total. The number of rotatable bonds is 19. The zero-order chi connectivity index (χ0) is 27.7. The quantitative estimate of drug-likeness (QED) is 0.0870. The molecular weight excluding hydrogens is 488 g/mol.